The molecule has 0 aliphatic carbocycles. The number of benzene rings is 2. The molecule has 2 rings (SSSR count). The third-order valence-corrected chi connectivity index (χ3v) is 3.83. The minimum Gasteiger partial charge on any atom is -0.399 e. The standard InChI is InChI=1S/C18H14ClN5O4/c1-11(25)23(15-4-2-3-13(21)7-15)10-12(9-20)18(26)22-14-5-6-16(19)17(8-14)24(27)28/h2-8,10H,21H2,1H3,(H,22,26)/b12-10-. The van der Waals surface area contributed by atoms with Gasteiger partial charge in [0.1, 0.15) is 16.7 Å². The number of hydrogen-bond acceptors (Lipinski definition) is 6. The number of nitro benzene ring substituents is 1. The lowest BCUT2D eigenvalue weighted by molar-refractivity contribution is -0.384. The molecule has 0 bridgehead atoms. The molecule has 28 heavy (non-hydrogen) atoms. The number of nitrogens with two attached hydrogens (primary N) is 1. The number of nitrogens with zero attached hydrogens (tertiary/aromatic N) is 3. The number of halogens is 1. The molecule has 10 heteroatoms. The molecule has 9 nitrogen and oxygen atoms in total. The second kappa shape index (κ2) is 8.66. The van der Waals surface area contributed by atoms with Gasteiger partial charge in [-0.3, -0.25) is 24.6 Å². The van der Waals surface area contributed by atoms with E-state index in [-0.39, 0.29) is 10.7 Å². The maximum absolute atomic E-state index is 12.4. The number of hydrogen-bond donors (Lipinski definition) is 2. The fourth-order valence-corrected chi connectivity index (χ4v) is 2.40. The molecule has 0 fully saturated rings. The quantitative estimate of drug-likeness (QED) is 0.260. The minimum atomic E-state index is -0.853. The summed E-state index contributed by atoms with van der Waals surface area (Å²) in [5.74, 6) is -1.30. The molecule has 0 heterocycles. The molecule has 0 spiro atoms. The van der Waals surface area contributed by atoms with Gasteiger partial charge in [0.2, 0.25) is 5.91 Å². The van der Waals surface area contributed by atoms with Gasteiger partial charge in [0.25, 0.3) is 11.6 Å². The molecule has 0 saturated heterocycles. The molecule has 2 aromatic carbocycles. The van der Waals surface area contributed by atoms with Crippen molar-refractivity contribution in [1.82, 2.24) is 0 Å². The lowest BCUT2D eigenvalue weighted by atomic mass is 10.2. The molecule has 3 N–H and O–H groups in total. The van der Waals surface area contributed by atoms with Crippen LogP contribution in [0.3, 0.4) is 0 Å². The highest BCUT2D eigenvalue weighted by Gasteiger charge is 2.18. The van der Waals surface area contributed by atoms with E-state index in [0.29, 0.717) is 11.4 Å². The van der Waals surface area contributed by atoms with Crippen LogP contribution in [0.15, 0.2) is 54.2 Å². The molecule has 0 aromatic heterocycles. The van der Waals surface area contributed by atoms with Gasteiger partial charge in [-0.05, 0) is 30.3 Å². The number of rotatable bonds is 5. The fourth-order valence-electron chi connectivity index (χ4n) is 2.22. The smallest absolute Gasteiger partial charge is 0.289 e. The molecule has 142 valence electrons. The first-order valence-corrected chi connectivity index (χ1v) is 8.13. The number of nitro groups is 1. The average Bonchev–Trinajstić information content (AvgIpc) is 2.63. The van der Waals surface area contributed by atoms with Gasteiger partial charge in [-0.15, -0.1) is 0 Å². The summed E-state index contributed by atoms with van der Waals surface area (Å²) in [5, 5.41) is 22.5. The van der Waals surface area contributed by atoms with Gasteiger partial charge in [0.15, 0.2) is 0 Å². The summed E-state index contributed by atoms with van der Waals surface area (Å²) in [6, 6.07) is 11.7. The van der Waals surface area contributed by atoms with Crippen LogP contribution in [-0.4, -0.2) is 16.7 Å². The number of nitrogen functional groups attached to an aromatic ring is 1. The number of amides is 2. The summed E-state index contributed by atoms with van der Waals surface area (Å²) in [4.78, 5) is 35.7. The summed E-state index contributed by atoms with van der Waals surface area (Å²) in [6.07, 6.45) is 1.07. The van der Waals surface area contributed by atoms with E-state index in [9.17, 15) is 25.0 Å². The topological polar surface area (TPSA) is 142 Å². The van der Waals surface area contributed by atoms with Crippen LogP contribution >= 0.6 is 11.6 Å². The van der Waals surface area contributed by atoms with E-state index in [1.807, 2.05) is 0 Å². The number of carbonyl (C=O) groups excluding carboxylic acids is 2. The van der Waals surface area contributed by atoms with E-state index in [0.717, 1.165) is 17.2 Å². The second-order valence-corrected chi connectivity index (χ2v) is 5.92. The maximum Gasteiger partial charge on any atom is 0.289 e. The van der Waals surface area contributed by atoms with Crippen molar-refractivity contribution in [2.45, 2.75) is 6.92 Å². The van der Waals surface area contributed by atoms with Gasteiger partial charge in [-0.25, -0.2) is 0 Å². The second-order valence-electron chi connectivity index (χ2n) is 5.52. The van der Waals surface area contributed by atoms with Crippen LogP contribution in [0, 0.1) is 21.4 Å². The normalized spacial score (nSPS) is 10.7. The predicted molar refractivity (Wildman–Crippen MR) is 104 cm³/mol. The Morgan fingerprint density at radius 1 is 1.32 bits per heavy atom. The van der Waals surface area contributed by atoms with Crippen LogP contribution in [0.2, 0.25) is 5.02 Å². The van der Waals surface area contributed by atoms with Gasteiger partial charge in [0, 0.05) is 30.6 Å². The largest absolute Gasteiger partial charge is 0.399 e. The van der Waals surface area contributed by atoms with Crippen LogP contribution < -0.4 is 16.0 Å². The van der Waals surface area contributed by atoms with Crippen LogP contribution in [0.1, 0.15) is 6.92 Å². The molecule has 2 aromatic rings. The van der Waals surface area contributed by atoms with Crippen LogP contribution in [0.25, 0.3) is 0 Å². The molecule has 2 amide bonds. The van der Waals surface area contributed by atoms with Crippen molar-refractivity contribution in [2.24, 2.45) is 0 Å². The zero-order valence-corrected chi connectivity index (χ0v) is 15.3. The molecule has 0 saturated carbocycles. The fraction of sp³-hybridized carbons (Fsp3) is 0.0556. The third kappa shape index (κ3) is 4.84. The minimum absolute atomic E-state index is 0.0700. The number of anilines is 3. The van der Waals surface area contributed by atoms with Crippen LogP contribution in [0.5, 0.6) is 0 Å². The van der Waals surface area contributed by atoms with E-state index >= 15 is 0 Å². The summed E-state index contributed by atoms with van der Waals surface area (Å²) in [6.45, 7) is 1.26. The number of nitrogens with one attached hydrogen (secondary N) is 1. The van der Waals surface area contributed by atoms with E-state index < -0.39 is 28.0 Å². The molecule has 0 unspecified atom stereocenters. The monoisotopic (exact) mass is 399 g/mol. The van der Waals surface area contributed by atoms with Crippen molar-refractivity contribution in [3.63, 3.8) is 0 Å². The van der Waals surface area contributed by atoms with E-state index in [2.05, 4.69) is 5.32 Å². The van der Waals surface area contributed by atoms with Crippen molar-refractivity contribution in [2.75, 3.05) is 16.0 Å². The maximum atomic E-state index is 12.4. The van der Waals surface area contributed by atoms with Crippen molar-refractivity contribution >= 4 is 46.2 Å². The van der Waals surface area contributed by atoms with E-state index in [4.69, 9.17) is 17.3 Å². The number of carbonyl (C=O) groups is 2. The van der Waals surface area contributed by atoms with Gasteiger partial charge in [-0.1, -0.05) is 17.7 Å². The Labute approximate surface area is 164 Å². The van der Waals surface area contributed by atoms with Gasteiger partial charge >= 0.3 is 0 Å². The van der Waals surface area contributed by atoms with Crippen molar-refractivity contribution in [1.29, 1.82) is 5.26 Å². The van der Waals surface area contributed by atoms with Crippen molar-refractivity contribution < 1.29 is 14.5 Å². The van der Waals surface area contributed by atoms with Crippen molar-refractivity contribution in [3.8, 4) is 6.07 Å². The summed E-state index contributed by atoms with van der Waals surface area (Å²) in [5.41, 5.74) is 5.75. The lowest BCUT2D eigenvalue weighted by Gasteiger charge is -2.17. The summed E-state index contributed by atoms with van der Waals surface area (Å²) in [7, 11) is 0. The zero-order chi connectivity index (χ0) is 20.8. The Morgan fingerprint density at radius 3 is 2.61 bits per heavy atom. The van der Waals surface area contributed by atoms with Crippen molar-refractivity contribution in [3.05, 3.63) is 69.4 Å². The molecule has 0 aliphatic heterocycles. The Morgan fingerprint density at radius 2 is 2.04 bits per heavy atom. The molecule has 0 atom stereocenters. The third-order valence-electron chi connectivity index (χ3n) is 3.51. The Kier molecular flexibility index (Phi) is 6.31. The summed E-state index contributed by atoms with van der Waals surface area (Å²) >= 11 is 5.73. The average molecular weight is 400 g/mol. The number of nitriles is 1. The Bertz CT molecular complexity index is 1030. The first kappa shape index (κ1) is 20.4. The predicted octanol–water partition coefficient (Wildman–Crippen LogP) is 3.23. The van der Waals surface area contributed by atoms with E-state index in [1.54, 1.807) is 24.3 Å². The lowest BCUT2D eigenvalue weighted by Crippen LogP contribution is -2.25. The zero-order valence-electron chi connectivity index (χ0n) is 14.5. The first-order chi connectivity index (χ1) is 13.2. The highest BCUT2D eigenvalue weighted by molar-refractivity contribution is 6.32. The SMILES string of the molecule is CC(=O)N(/C=C(/C#N)C(=O)Nc1ccc(Cl)c([N+](=O)[O-])c1)c1cccc(N)c1. The molecule has 0 aliphatic rings. The highest BCUT2D eigenvalue weighted by atomic mass is 35.5. The van der Waals surface area contributed by atoms with Gasteiger partial charge in [0.05, 0.1) is 10.6 Å². The Hall–Kier alpha value is -3.90. The molecule has 0 radical (unpaired) electrons. The summed E-state index contributed by atoms with van der Waals surface area (Å²) < 4.78 is 0. The van der Waals surface area contributed by atoms with E-state index in [1.165, 1.54) is 25.1 Å². The molecular formula is C18H14ClN5O4. The first-order valence-electron chi connectivity index (χ1n) is 7.75. The molecular weight excluding hydrogens is 386 g/mol. The van der Waals surface area contributed by atoms with Crippen LogP contribution in [-0.2, 0) is 9.59 Å². The highest BCUT2D eigenvalue weighted by Crippen LogP contribution is 2.27. The van der Waals surface area contributed by atoms with Gasteiger partial charge < -0.3 is 11.1 Å². The Balaban J connectivity index is 2.34. The van der Waals surface area contributed by atoms with Crippen LogP contribution in [0.4, 0.5) is 22.7 Å². The van der Waals surface area contributed by atoms with Gasteiger partial charge in [-0.2, -0.15) is 5.26 Å².